The smallest absolute Gasteiger partial charge is 0.263 e. The lowest BCUT2D eigenvalue weighted by Gasteiger charge is -2.12. The number of aromatic nitrogens is 4. The van der Waals surface area contributed by atoms with Crippen LogP contribution in [0.4, 0.5) is 5.69 Å². The molecule has 0 amide bonds. The number of anilines is 1. The van der Waals surface area contributed by atoms with Gasteiger partial charge in [-0.15, -0.1) is 11.8 Å². The van der Waals surface area contributed by atoms with E-state index in [-0.39, 0.29) is 5.56 Å². The van der Waals surface area contributed by atoms with E-state index >= 15 is 0 Å². The summed E-state index contributed by atoms with van der Waals surface area (Å²) in [5.41, 5.74) is 3.18. The van der Waals surface area contributed by atoms with Gasteiger partial charge in [0.2, 0.25) is 0 Å². The van der Waals surface area contributed by atoms with E-state index in [0.29, 0.717) is 21.9 Å². The van der Waals surface area contributed by atoms with Crippen molar-refractivity contribution in [3.63, 3.8) is 0 Å². The van der Waals surface area contributed by atoms with Crippen molar-refractivity contribution in [1.82, 2.24) is 19.7 Å². The molecule has 0 radical (unpaired) electrons. The highest BCUT2D eigenvalue weighted by atomic mass is 32.2. The first-order chi connectivity index (χ1) is 13.1. The van der Waals surface area contributed by atoms with Gasteiger partial charge < -0.3 is 9.88 Å². The third-order valence-electron chi connectivity index (χ3n) is 4.36. The second kappa shape index (κ2) is 6.92. The Morgan fingerprint density at radius 2 is 1.74 bits per heavy atom. The molecule has 0 fully saturated rings. The van der Waals surface area contributed by atoms with Crippen molar-refractivity contribution >= 4 is 28.5 Å². The number of para-hydroxylation sites is 1. The lowest BCUT2D eigenvalue weighted by Crippen LogP contribution is -2.11. The topological polar surface area (TPSA) is 66.8 Å². The zero-order valence-corrected chi connectivity index (χ0v) is 16.1. The standard InChI is InChI=1S/C20H19N5OS/c1-24(2)14-11-9-13(10-12-14)17-21-18-16(19(26)22-17)20(27-3)23-25(18)15-7-5-4-6-8-15/h4-12H,1-3H3,(H,21,22,26). The number of fused-ring (bicyclic) bond motifs is 1. The molecule has 0 bridgehead atoms. The average Bonchev–Trinajstić information content (AvgIpc) is 3.08. The molecule has 2 heterocycles. The summed E-state index contributed by atoms with van der Waals surface area (Å²) in [6.07, 6.45) is 1.91. The van der Waals surface area contributed by atoms with E-state index in [1.165, 1.54) is 11.8 Å². The molecule has 136 valence electrons. The summed E-state index contributed by atoms with van der Waals surface area (Å²) in [7, 11) is 3.98. The Hall–Kier alpha value is -3.06. The Balaban J connectivity index is 1.93. The molecule has 4 aromatic rings. The van der Waals surface area contributed by atoms with Crippen LogP contribution in [-0.2, 0) is 0 Å². The van der Waals surface area contributed by atoms with Gasteiger partial charge >= 0.3 is 0 Å². The van der Waals surface area contributed by atoms with Gasteiger partial charge in [-0.25, -0.2) is 9.67 Å². The molecule has 0 aliphatic carbocycles. The molecule has 2 aromatic heterocycles. The normalized spacial score (nSPS) is 11.1. The minimum absolute atomic E-state index is 0.182. The van der Waals surface area contributed by atoms with Gasteiger partial charge in [0.05, 0.1) is 5.69 Å². The van der Waals surface area contributed by atoms with E-state index in [2.05, 4.69) is 10.1 Å². The van der Waals surface area contributed by atoms with Crippen LogP contribution in [-0.4, -0.2) is 40.1 Å². The number of aromatic amines is 1. The third-order valence-corrected chi connectivity index (χ3v) is 5.03. The fourth-order valence-corrected chi connectivity index (χ4v) is 3.49. The minimum Gasteiger partial charge on any atom is -0.378 e. The van der Waals surface area contributed by atoms with E-state index in [1.807, 2.05) is 79.8 Å². The fraction of sp³-hybridized carbons (Fsp3) is 0.150. The molecule has 0 aliphatic heterocycles. The molecule has 0 aliphatic rings. The second-order valence-corrected chi connectivity index (χ2v) is 7.11. The van der Waals surface area contributed by atoms with E-state index in [4.69, 9.17) is 4.98 Å². The van der Waals surface area contributed by atoms with Gasteiger partial charge in [-0.1, -0.05) is 18.2 Å². The molecule has 2 aromatic carbocycles. The number of hydrogen-bond acceptors (Lipinski definition) is 5. The quantitative estimate of drug-likeness (QED) is 0.551. The molecular weight excluding hydrogens is 358 g/mol. The number of nitrogens with one attached hydrogen (secondary N) is 1. The summed E-state index contributed by atoms with van der Waals surface area (Å²) in [6, 6.07) is 17.6. The number of nitrogens with zero attached hydrogens (tertiary/aromatic N) is 4. The van der Waals surface area contributed by atoms with Crippen LogP contribution in [0.1, 0.15) is 0 Å². The molecule has 7 heteroatoms. The van der Waals surface area contributed by atoms with Gasteiger partial charge in [0.15, 0.2) is 5.65 Å². The summed E-state index contributed by atoms with van der Waals surface area (Å²) in [5, 5.41) is 5.78. The Morgan fingerprint density at radius 3 is 2.37 bits per heavy atom. The maximum atomic E-state index is 12.8. The van der Waals surface area contributed by atoms with Crippen LogP contribution in [0.15, 0.2) is 64.4 Å². The van der Waals surface area contributed by atoms with Crippen LogP contribution in [0.5, 0.6) is 0 Å². The van der Waals surface area contributed by atoms with E-state index in [1.54, 1.807) is 4.68 Å². The highest BCUT2D eigenvalue weighted by Gasteiger charge is 2.18. The molecule has 0 saturated heterocycles. The van der Waals surface area contributed by atoms with Crippen molar-refractivity contribution < 1.29 is 0 Å². The molecule has 0 saturated carbocycles. The lowest BCUT2D eigenvalue weighted by atomic mass is 10.2. The summed E-state index contributed by atoms with van der Waals surface area (Å²) < 4.78 is 1.73. The zero-order chi connectivity index (χ0) is 19.0. The molecule has 1 N–H and O–H groups in total. The van der Waals surface area contributed by atoms with Crippen molar-refractivity contribution in [3.8, 4) is 17.1 Å². The predicted molar refractivity (Wildman–Crippen MR) is 111 cm³/mol. The minimum atomic E-state index is -0.182. The van der Waals surface area contributed by atoms with Crippen molar-refractivity contribution in [2.45, 2.75) is 5.03 Å². The molecule has 0 unspecified atom stereocenters. The number of hydrogen-bond donors (Lipinski definition) is 1. The Labute approximate surface area is 160 Å². The highest BCUT2D eigenvalue weighted by molar-refractivity contribution is 7.98. The van der Waals surface area contributed by atoms with Crippen LogP contribution in [0.25, 0.3) is 28.1 Å². The van der Waals surface area contributed by atoms with Crippen LogP contribution in [0.2, 0.25) is 0 Å². The first-order valence-corrected chi connectivity index (χ1v) is 9.71. The Morgan fingerprint density at radius 1 is 1.04 bits per heavy atom. The van der Waals surface area contributed by atoms with Gasteiger partial charge in [-0.2, -0.15) is 5.10 Å². The number of benzene rings is 2. The maximum Gasteiger partial charge on any atom is 0.263 e. The van der Waals surface area contributed by atoms with Gasteiger partial charge in [0.25, 0.3) is 5.56 Å². The van der Waals surface area contributed by atoms with Crippen molar-refractivity contribution in [3.05, 3.63) is 65.0 Å². The summed E-state index contributed by atoms with van der Waals surface area (Å²) >= 11 is 1.44. The third kappa shape index (κ3) is 3.10. The first-order valence-electron chi connectivity index (χ1n) is 8.48. The van der Waals surface area contributed by atoms with Gasteiger partial charge in [-0.3, -0.25) is 4.79 Å². The van der Waals surface area contributed by atoms with E-state index in [0.717, 1.165) is 16.9 Å². The molecule has 27 heavy (non-hydrogen) atoms. The molecule has 0 spiro atoms. The van der Waals surface area contributed by atoms with Crippen molar-refractivity contribution in [2.75, 3.05) is 25.3 Å². The van der Waals surface area contributed by atoms with Crippen LogP contribution in [0.3, 0.4) is 0 Å². The van der Waals surface area contributed by atoms with Crippen LogP contribution in [0, 0.1) is 0 Å². The number of rotatable bonds is 4. The van der Waals surface area contributed by atoms with E-state index < -0.39 is 0 Å². The number of H-pyrrole nitrogens is 1. The van der Waals surface area contributed by atoms with Crippen molar-refractivity contribution in [2.24, 2.45) is 0 Å². The van der Waals surface area contributed by atoms with Gasteiger partial charge in [-0.05, 0) is 42.7 Å². The van der Waals surface area contributed by atoms with Gasteiger partial charge in [0, 0.05) is 25.3 Å². The Kier molecular flexibility index (Phi) is 4.45. The van der Waals surface area contributed by atoms with Crippen LogP contribution >= 0.6 is 11.8 Å². The molecule has 0 atom stereocenters. The summed E-state index contributed by atoms with van der Waals surface area (Å²) in [6.45, 7) is 0. The second-order valence-electron chi connectivity index (χ2n) is 6.31. The summed E-state index contributed by atoms with van der Waals surface area (Å²) in [5.74, 6) is 0.530. The fourth-order valence-electron chi connectivity index (χ4n) is 2.94. The monoisotopic (exact) mass is 377 g/mol. The first kappa shape index (κ1) is 17.4. The number of thioether (sulfide) groups is 1. The molecule has 4 rings (SSSR count). The molecule has 6 nitrogen and oxygen atoms in total. The maximum absolute atomic E-state index is 12.8. The summed E-state index contributed by atoms with van der Waals surface area (Å²) in [4.78, 5) is 22.5. The predicted octanol–water partition coefficient (Wildman–Crippen LogP) is 3.56. The van der Waals surface area contributed by atoms with E-state index in [9.17, 15) is 4.79 Å². The van der Waals surface area contributed by atoms with Gasteiger partial charge in [0.1, 0.15) is 16.2 Å². The van der Waals surface area contributed by atoms with Crippen molar-refractivity contribution in [1.29, 1.82) is 0 Å². The molecular formula is C20H19N5OS. The van der Waals surface area contributed by atoms with Crippen LogP contribution < -0.4 is 10.5 Å². The largest absolute Gasteiger partial charge is 0.378 e. The highest BCUT2D eigenvalue weighted by Crippen LogP contribution is 2.26. The zero-order valence-electron chi connectivity index (χ0n) is 15.3. The Bertz CT molecular complexity index is 1150. The SMILES string of the molecule is CSc1nn(-c2ccccc2)c2nc(-c3ccc(N(C)C)cc3)[nH]c(=O)c12. The average molecular weight is 377 g/mol. The lowest BCUT2D eigenvalue weighted by molar-refractivity contribution is 0.852.